The number of nitrogens with two attached hydrogens (primary N) is 1. The van der Waals surface area contributed by atoms with Gasteiger partial charge in [0.15, 0.2) is 0 Å². The van der Waals surface area contributed by atoms with E-state index < -0.39 is 0 Å². The third kappa shape index (κ3) is 3.82. The molecule has 0 aromatic heterocycles. The lowest BCUT2D eigenvalue weighted by Gasteiger charge is -2.33. The van der Waals surface area contributed by atoms with Crippen LogP contribution in [0, 0.1) is 0 Å². The van der Waals surface area contributed by atoms with Gasteiger partial charge in [0.2, 0.25) is 0 Å². The van der Waals surface area contributed by atoms with Gasteiger partial charge in [-0.2, -0.15) is 0 Å². The van der Waals surface area contributed by atoms with Gasteiger partial charge in [0, 0.05) is 16.7 Å². The molecular weight excluding hydrogens is 278 g/mol. The van der Waals surface area contributed by atoms with Crippen LogP contribution < -0.4 is 5.73 Å². The molecule has 0 bridgehead atoms. The minimum atomic E-state index is 0.110. The molecule has 2 N–H and O–H groups in total. The first-order valence-corrected chi connectivity index (χ1v) is 9.32. The lowest BCUT2D eigenvalue weighted by Crippen LogP contribution is -2.32. The fraction of sp³-hybridized carbons (Fsp3) is 0.667. The molecule has 0 amide bonds. The number of thioether (sulfide) groups is 1. The van der Waals surface area contributed by atoms with Crippen molar-refractivity contribution in [1.29, 1.82) is 0 Å². The van der Waals surface area contributed by atoms with E-state index in [-0.39, 0.29) is 11.6 Å². The van der Waals surface area contributed by atoms with Crippen molar-refractivity contribution in [2.75, 3.05) is 5.75 Å². The third-order valence-corrected chi connectivity index (χ3v) is 6.05. The summed E-state index contributed by atoms with van der Waals surface area (Å²) < 4.78 is 6.44. The molecular formula is C18H27NOS. The molecule has 1 saturated heterocycles. The topological polar surface area (TPSA) is 35.2 Å². The second-order valence-electron chi connectivity index (χ2n) is 6.69. The number of rotatable bonds is 4. The summed E-state index contributed by atoms with van der Waals surface area (Å²) in [5, 5.41) is 0. The molecule has 0 radical (unpaired) electrons. The molecule has 1 saturated carbocycles. The van der Waals surface area contributed by atoms with Gasteiger partial charge in [-0.3, -0.25) is 0 Å². The summed E-state index contributed by atoms with van der Waals surface area (Å²) in [4.78, 5) is 1.32. The summed E-state index contributed by atoms with van der Waals surface area (Å²) in [6.07, 6.45) is 9.63. The van der Waals surface area contributed by atoms with Crippen LogP contribution in [0.4, 0.5) is 0 Å². The van der Waals surface area contributed by atoms with E-state index in [2.05, 4.69) is 24.3 Å². The highest BCUT2D eigenvalue weighted by molar-refractivity contribution is 7.99. The van der Waals surface area contributed by atoms with Gasteiger partial charge in [-0.25, -0.2) is 0 Å². The zero-order chi connectivity index (χ0) is 14.7. The fourth-order valence-electron chi connectivity index (χ4n) is 3.65. The van der Waals surface area contributed by atoms with Crippen LogP contribution in [-0.2, 0) is 4.74 Å². The summed E-state index contributed by atoms with van der Waals surface area (Å²) >= 11 is 1.92. The van der Waals surface area contributed by atoms with Crippen molar-refractivity contribution in [2.45, 2.75) is 74.5 Å². The SMILES string of the molecule is CC(N)c1cccc(SCC2CCC3(CCCCC3)O2)c1. The van der Waals surface area contributed by atoms with Crippen LogP contribution in [0.15, 0.2) is 29.2 Å². The van der Waals surface area contributed by atoms with Gasteiger partial charge >= 0.3 is 0 Å². The van der Waals surface area contributed by atoms with Crippen molar-refractivity contribution in [3.63, 3.8) is 0 Å². The van der Waals surface area contributed by atoms with E-state index in [1.165, 1.54) is 55.4 Å². The Kier molecular flexibility index (Phi) is 4.92. The zero-order valence-electron chi connectivity index (χ0n) is 13.0. The summed E-state index contributed by atoms with van der Waals surface area (Å²) in [7, 11) is 0. The molecule has 1 heterocycles. The molecule has 116 valence electrons. The highest BCUT2D eigenvalue weighted by atomic mass is 32.2. The Morgan fingerprint density at radius 2 is 2.10 bits per heavy atom. The van der Waals surface area contributed by atoms with Gasteiger partial charge in [0.05, 0.1) is 11.7 Å². The second-order valence-corrected chi connectivity index (χ2v) is 7.79. The van der Waals surface area contributed by atoms with Gasteiger partial charge in [0.25, 0.3) is 0 Å². The number of hydrogen-bond donors (Lipinski definition) is 1. The lowest BCUT2D eigenvalue weighted by atomic mass is 9.83. The van der Waals surface area contributed by atoms with Gasteiger partial charge < -0.3 is 10.5 Å². The minimum Gasteiger partial charge on any atom is -0.371 e. The molecule has 21 heavy (non-hydrogen) atoms. The fourth-order valence-corrected chi connectivity index (χ4v) is 4.66. The predicted octanol–water partition coefficient (Wildman–Crippen LogP) is 4.68. The summed E-state index contributed by atoms with van der Waals surface area (Å²) in [5.41, 5.74) is 7.43. The highest BCUT2D eigenvalue weighted by Gasteiger charge is 2.40. The molecule has 1 spiro atoms. The monoisotopic (exact) mass is 305 g/mol. The molecule has 1 aliphatic carbocycles. The van der Waals surface area contributed by atoms with Crippen LogP contribution in [0.2, 0.25) is 0 Å². The highest BCUT2D eigenvalue weighted by Crippen LogP contribution is 2.43. The normalized spacial score (nSPS) is 26.1. The van der Waals surface area contributed by atoms with E-state index in [1.807, 2.05) is 18.7 Å². The Morgan fingerprint density at radius 1 is 1.29 bits per heavy atom. The molecule has 2 atom stereocenters. The van der Waals surface area contributed by atoms with Crippen molar-refractivity contribution in [2.24, 2.45) is 5.73 Å². The molecule has 3 rings (SSSR count). The maximum Gasteiger partial charge on any atom is 0.0687 e. The van der Waals surface area contributed by atoms with E-state index >= 15 is 0 Å². The smallest absolute Gasteiger partial charge is 0.0687 e. The molecule has 2 nitrogen and oxygen atoms in total. The molecule has 1 aromatic carbocycles. The first-order valence-electron chi connectivity index (χ1n) is 8.33. The number of hydrogen-bond acceptors (Lipinski definition) is 3. The van der Waals surface area contributed by atoms with Crippen molar-refractivity contribution >= 4 is 11.8 Å². The first kappa shape index (κ1) is 15.4. The maximum atomic E-state index is 6.44. The van der Waals surface area contributed by atoms with Crippen molar-refractivity contribution in [1.82, 2.24) is 0 Å². The Morgan fingerprint density at radius 3 is 2.86 bits per heavy atom. The molecule has 3 heteroatoms. The van der Waals surface area contributed by atoms with E-state index in [1.54, 1.807) is 0 Å². The standard InChI is InChI=1S/C18H27NOS/c1-14(19)15-6-5-7-17(12-15)21-13-16-8-11-18(20-16)9-3-2-4-10-18/h5-7,12,14,16H,2-4,8-11,13,19H2,1H3. The summed E-state index contributed by atoms with van der Waals surface area (Å²) in [6, 6.07) is 8.73. The Labute approximate surface area is 132 Å². The summed E-state index contributed by atoms with van der Waals surface area (Å²) in [5.74, 6) is 1.07. The second kappa shape index (κ2) is 6.72. The van der Waals surface area contributed by atoms with Crippen molar-refractivity contribution in [3.8, 4) is 0 Å². The summed E-state index contributed by atoms with van der Waals surface area (Å²) in [6.45, 7) is 2.04. The van der Waals surface area contributed by atoms with E-state index in [9.17, 15) is 0 Å². The molecule has 2 aliphatic rings. The molecule has 1 aliphatic heterocycles. The Balaban J connectivity index is 1.53. The quantitative estimate of drug-likeness (QED) is 0.820. The average Bonchev–Trinajstić information content (AvgIpc) is 2.89. The van der Waals surface area contributed by atoms with Crippen LogP contribution in [0.5, 0.6) is 0 Å². The first-order chi connectivity index (χ1) is 10.2. The van der Waals surface area contributed by atoms with Crippen LogP contribution in [0.1, 0.15) is 63.5 Å². The third-order valence-electron chi connectivity index (χ3n) is 4.92. The van der Waals surface area contributed by atoms with Crippen LogP contribution in [0.25, 0.3) is 0 Å². The van der Waals surface area contributed by atoms with Crippen LogP contribution in [-0.4, -0.2) is 17.5 Å². The van der Waals surface area contributed by atoms with Gasteiger partial charge in [-0.05, 0) is 50.3 Å². The minimum absolute atomic E-state index is 0.110. The van der Waals surface area contributed by atoms with Gasteiger partial charge in [-0.1, -0.05) is 31.4 Å². The number of benzene rings is 1. The van der Waals surface area contributed by atoms with Gasteiger partial charge in [-0.15, -0.1) is 11.8 Å². The van der Waals surface area contributed by atoms with Crippen LogP contribution >= 0.6 is 11.8 Å². The van der Waals surface area contributed by atoms with Crippen molar-refractivity contribution < 1.29 is 4.74 Å². The largest absolute Gasteiger partial charge is 0.371 e. The van der Waals surface area contributed by atoms with Gasteiger partial charge in [0.1, 0.15) is 0 Å². The number of ether oxygens (including phenoxy) is 1. The molecule has 1 aromatic rings. The molecule has 2 fully saturated rings. The van der Waals surface area contributed by atoms with Crippen molar-refractivity contribution in [3.05, 3.63) is 29.8 Å². The van der Waals surface area contributed by atoms with E-state index in [0.717, 1.165) is 5.75 Å². The van der Waals surface area contributed by atoms with E-state index in [4.69, 9.17) is 10.5 Å². The lowest BCUT2D eigenvalue weighted by molar-refractivity contribution is -0.0555. The Hall–Kier alpha value is -0.510. The van der Waals surface area contributed by atoms with Crippen LogP contribution in [0.3, 0.4) is 0 Å². The maximum absolute atomic E-state index is 6.44. The zero-order valence-corrected chi connectivity index (χ0v) is 13.8. The van der Waals surface area contributed by atoms with E-state index in [0.29, 0.717) is 6.10 Å². The average molecular weight is 305 g/mol. The molecule has 2 unspecified atom stereocenters. The Bertz CT molecular complexity index is 468. The predicted molar refractivity (Wildman–Crippen MR) is 89.7 cm³/mol.